The fraction of sp³-hybridized carbons (Fsp3) is 0.667. The van der Waals surface area contributed by atoms with Gasteiger partial charge in [0, 0.05) is 58.4 Å². The standard InChI is InChI=1S/C21H33N3O3/c1-22(2)17-6-3-16(4-7-17)5-8-21(27)24-14-11-19(20(26)15-24)23-12-9-18(25)10-13-23/h3-4,6-7,18-20,25-26H,5,8-15H2,1-2H3/t19-,20-/m1/s1. The highest BCUT2D eigenvalue weighted by Crippen LogP contribution is 2.22. The molecule has 2 saturated heterocycles. The number of nitrogens with zero attached hydrogens (tertiary/aromatic N) is 3. The van der Waals surface area contributed by atoms with Crippen LogP contribution in [0.3, 0.4) is 0 Å². The van der Waals surface area contributed by atoms with Gasteiger partial charge < -0.3 is 20.0 Å². The number of aryl methyl sites for hydroxylation is 1. The number of aliphatic hydroxyl groups excluding tert-OH is 2. The Bertz CT molecular complexity index is 612. The molecule has 6 heteroatoms. The van der Waals surface area contributed by atoms with Crippen molar-refractivity contribution < 1.29 is 15.0 Å². The zero-order chi connectivity index (χ0) is 19.4. The number of hydrogen-bond acceptors (Lipinski definition) is 5. The third-order valence-electron chi connectivity index (χ3n) is 5.95. The van der Waals surface area contributed by atoms with E-state index in [0.717, 1.165) is 50.0 Å². The number of aliphatic hydroxyl groups is 2. The molecule has 0 saturated carbocycles. The van der Waals surface area contributed by atoms with Gasteiger partial charge in [-0.2, -0.15) is 0 Å². The Labute approximate surface area is 162 Å². The second kappa shape index (κ2) is 9.04. The molecular formula is C21H33N3O3. The SMILES string of the molecule is CN(C)c1ccc(CCC(=O)N2CC[C@@H](N3CCC(O)CC3)[C@H](O)C2)cc1. The molecule has 0 radical (unpaired) electrons. The first-order chi connectivity index (χ1) is 12.9. The number of rotatable bonds is 5. The van der Waals surface area contributed by atoms with E-state index in [1.807, 2.05) is 19.0 Å². The van der Waals surface area contributed by atoms with E-state index >= 15 is 0 Å². The average molecular weight is 376 g/mol. The molecule has 27 heavy (non-hydrogen) atoms. The monoisotopic (exact) mass is 375 g/mol. The molecule has 3 rings (SSSR count). The molecule has 6 nitrogen and oxygen atoms in total. The number of likely N-dealkylation sites (tertiary alicyclic amines) is 2. The summed E-state index contributed by atoms with van der Waals surface area (Å²) in [6, 6.07) is 8.41. The van der Waals surface area contributed by atoms with Crippen molar-refractivity contribution in [3.05, 3.63) is 29.8 Å². The number of carbonyl (C=O) groups is 1. The van der Waals surface area contributed by atoms with Crippen LogP contribution >= 0.6 is 0 Å². The summed E-state index contributed by atoms with van der Waals surface area (Å²) in [5.74, 6) is 0.123. The summed E-state index contributed by atoms with van der Waals surface area (Å²) < 4.78 is 0. The molecule has 150 valence electrons. The minimum atomic E-state index is -0.502. The number of piperidine rings is 2. The van der Waals surface area contributed by atoms with Gasteiger partial charge in [0.15, 0.2) is 0 Å². The molecule has 0 spiro atoms. The van der Waals surface area contributed by atoms with Crippen LogP contribution in [0.2, 0.25) is 0 Å². The molecule has 1 amide bonds. The van der Waals surface area contributed by atoms with Crippen LogP contribution in [0.25, 0.3) is 0 Å². The van der Waals surface area contributed by atoms with Crippen LogP contribution in [0.5, 0.6) is 0 Å². The van der Waals surface area contributed by atoms with Crippen LogP contribution in [0.15, 0.2) is 24.3 Å². The van der Waals surface area contributed by atoms with E-state index in [1.54, 1.807) is 0 Å². The van der Waals surface area contributed by atoms with Crippen molar-refractivity contribution in [1.82, 2.24) is 9.80 Å². The number of amides is 1. The lowest BCUT2D eigenvalue weighted by atomic mass is 9.96. The quantitative estimate of drug-likeness (QED) is 0.807. The summed E-state index contributed by atoms with van der Waals surface area (Å²) in [4.78, 5) is 18.7. The van der Waals surface area contributed by atoms with E-state index in [2.05, 4.69) is 34.1 Å². The van der Waals surface area contributed by atoms with Crippen LogP contribution in [0.1, 0.15) is 31.2 Å². The van der Waals surface area contributed by atoms with Gasteiger partial charge in [-0.25, -0.2) is 0 Å². The van der Waals surface area contributed by atoms with Gasteiger partial charge in [0.25, 0.3) is 0 Å². The average Bonchev–Trinajstić information content (AvgIpc) is 2.67. The van der Waals surface area contributed by atoms with Gasteiger partial charge in [0.2, 0.25) is 5.91 Å². The van der Waals surface area contributed by atoms with Crippen LogP contribution < -0.4 is 4.90 Å². The maximum atomic E-state index is 12.6. The Morgan fingerprint density at radius 1 is 1.07 bits per heavy atom. The van der Waals surface area contributed by atoms with E-state index in [0.29, 0.717) is 19.5 Å². The van der Waals surface area contributed by atoms with Crippen molar-refractivity contribution in [2.24, 2.45) is 0 Å². The second-order valence-corrected chi connectivity index (χ2v) is 8.09. The number of β-amino-alcohol motifs (C(OH)–C–C–N with tert-alkyl or cyclic N) is 1. The van der Waals surface area contributed by atoms with Crippen molar-refractivity contribution in [3.8, 4) is 0 Å². The Morgan fingerprint density at radius 3 is 2.33 bits per heavy atom. The van der Waals surface area contributed by atoms with Crippen LogP contribution in [-0.2, 0) is 11.2 Å². The summed E-state index contributed by atoms with van der Waals surface area (Å²) in [6.45, 7) is 2.79. The molecule has 2 aliphatic rings. The Kier molecular flexibility index (Phi) is 6.73. The van der Waals surface area contributed by atoms with E-state index in [1.165, 1.54) is 0 Å². The number of anilines is 1. The van der Waals surface area contributed by atoms with Crippen molar-refractivity contribution in [2.75, 3.05) is 45.2 Å². The smallest absolute Gasteiger partial charge is 0.222 e. The predicted molar refractivity (Wildman–Crippen MR) is 107 cm³/mol. The summed E-state index contributed by atoms with van der Waals surface area (Å²) in [6.07, 6.45) is 2.86. The Morgan fingerprint density at radius 2 is 1.74 bits per heavy atom. The Balaban J connectivity index is 1.46. The highest BCUT2D eigenvalue weighted by Gasteiger charge is 2.35. The van der Waals surface area contributed by atoms with Crippen LogP contribution in [0.4, 0.5) is 5.69 Å². The summed E-state index contributed by atoms with van der Waals surface area (Å²) in [5.41, 5.74) is 2.32. The van der Waals surface area contributed by atoms with Gasteiger partial charge in [0.1, 0.15) is 0 Å². The van der Waals surface area contributed by atoms with Gasteiger partial charge in [-0.3, -0.25) is 9.69 Å². The van der Waals surface area contributed by atoms with Crippen molar-refractivity contribution >= 4 is 11.6 Å². The molecule has 2 fully saturated rings. The Hall–Kier alpha value is -1.63. The number of hydrogen-bond donors (Lipinski definition) is 2. The van der Waals surface area contributed by atoms with Gasteiger partial charge >= 0.3 is 0 Å². The van der Waals surface area contributed by atoms with Gasteiger partial charge in [-0.05, 0) is 43.4 Å². The lowest BCUT2D eigenvalue weighted by Gasteiger charge is -2.43. The largest absolute Gasteiger partial charge is 0.393 e. The topological polar surface area (TPSA) is 67.3 Å². The first-order valence-electron chi connectivity index (χ1n) is 10.1. The maximum Gasteiger partial charge on any atom is 0.222 e. The van der Waals surface area contributed by atoms with Crippen LogP contribution in [0, 0.1) is 0 Å². The number of carbonyl (C=O) groups excluding carboxylic acids is 1. The third kappa shape index (κ3) is 5.21. The molecule has 0 aromatic heterocycles. The van der Waals surface area contributed by atoms with Crippen molar-refractivity contribution in [3.63, 3.8) is 0 Å². The highest BCUT2D eigenvalue weighted by molar-refractivity contribution is 5.76. The normalized spacial score (nSPS) is 24.8. The molecule has 0 unspecified atom stereocenters. The van der Waals surface area contributed by atoms with Gasteiger partial charge in [0.05, 0.1) is 12.2 Å². The molecule has 2 heterocycles. The molecule has 2 atom stereocenters. The van der Waals surface area contributed by atoms with Gasteiger partial charge in [-0.1, -0.05) is 12.1 Å². The third-order valence-corrected chi connectivity index (χ3v) is 5.95. The minimum absolute atomic E-state index is 0.111. The maximum absolute atomic E-state index is 12.6. The first kappa shape index (κ1) is 20.1. The molecule has 0 aliphatic carbocycles. The van der Waals surface area contributed by atoms with Crippen molar-refractivity contribution in [1.29, 1.82) is 0 Å². The molecule has 1 aromatic carbocycles. The van der Waals surface area contributed by atoms with E-state index in [9.17, 15) is 15.0 Å². The lowest BCUT2D eigenvalue weighted by Crippen LogP contribution is -2.57. The summed E-state index contributed by atoms with van der Waals surface area (Å²) in [5, 5.41) is 20.2. The fourth-order valence-electron chi connectivity index (χ4n) is 4.16. The lowest BCUT2D eigenvalue weighted by molar-refractivity contribution is -0.136. The van der Waals surface area contributed by atoms with E-state index in [-0.39, 0.29) is 18.1 Å². The first-order valence-corrected chi connectivity index (χ1v) is 10.1. The van der Waals surface area contributed by atoms with E-state index < -0.39 is 6.10 Å². The molecular weight excluding hydrogens is 342 g/mol. The molecule has 0 bridgehead atoms. The molecule has 2 N–H and O–H groups in total. The van der Waals surface area contributed by atoms with Crippen LogP contribution in [-0.4, -0.2) is 84.4 Å². The summed E-state index contributed by atoms with van der Waals surface area (Å²) >= 11 is 0. The van der Waals surface area contributed by atoms with Crippen molar-refractivity contribution in [2.45, 2.75) is 50.4 Å². The minimum Gasteiger partial charge on any atom is -0.393 e. The number of benzene rings is 1. The zero-order valence-electron chi connectivity index (χ0n) is 16.5. The second-order valence-electron chi connectivity index (χ2n) is 8.09. The highest BCUT2D eigenvalue weighted by atomic mass is 16.3. The zero-order valence-corrected chi connectivity index (χ0v) is 16.5. The van der Waals surface area contributed by atoms with Gasteiger partial charge in [-0.15, -0.1) is 0 Å². The molecule has 2 aliphatic heterocycles. The summed E-state index contributed by atoms with van der Waals surface area (Å²) in [7, 11) is 4.03. The predicted octanol–water partition coefficient (Wildman–Crippen LogP) is 1.10. The molecule has 1 aromatic rings. The fourth-order valence-corrected chi connectivity index (χ4v) is 4.16. The van der Waals surface area contributed by atoms with E-state index in [4.69, 9.17) is 0 Å².